The van der Waals surface area contributed by atoms with Crippen LogP contribution in [0.5, 0.6) is 5.75 Å². The Kier molecular flexibility index (Phi) is 10.3. The van der Waals surface area contributed by atoms with E-state index in [0.717, 1.165) is 31.3 Å². The highest BCUT2D eigenvalue weighted by molar-refractivity contribution is 6.33. The van der Waals surface area contributed by atoms with Gasteiger partial charge in [0.1, 0.15) is 17.4 Å². The molecule has 13 heteroatoms. The molecule has 5 rings (SSSR count). The molecule has 2 heterocycles. The minimum absolute atomic E-state index is 0.00896. The smallest absolute Gasteiger partial charge is 0.416 e. The van der Waals surface area contributed by atoms with E-state index in [1.54, 1.807) is 49.5 Å². The van der Waals surface area contributed by atoms with Gasteiger partial charge in [-0.05, 0) is 59.7 Å². The van der Waals surface area contributed by atoms with Crippen LogP contribution in [-0.2, 0) is 22.3 Å². The number of nitriles is 1. The molecule has 1 aromatic heterocycles. The summed E-state index contributed by atoms with van der Waals surface area (Å²) in [6.07, 6.45) is -4.45. The number of aromatic hydroxyl groups is 1. The van der Waals surface area contributed by atoms with Gasteiger partial charge in [-0.1, -0.05) is 35.3 Å². The van der Waals surface area contributed by atoms with Crippen molar-refractivity contribution in [3.63, 3.8) is 0 Å². The van der Waals surface area contributed by atoms with Crippen molar-refractivity contribution in [2.24, 2.45) is 0 Å². The molecule has 1 aliphatic heterocycles. The van der Waals surface area contributed by atoms with Crippen LogP contribution in [0.15, 0.2) is 65.5 Å². The summed E-state index contributed by atoms with van der Waals surface area (Å²) in [5.74, 6) is -0.417. The third-order valence-corrected chi connectivity index (χ3v) is 8.55. The fraction of sp³-hybridized carbons (Fsp3) is 0.265. The zero-order valence-corrected chi connectivity index (χ0v) is 26.6. The number of halogens is 5. The van der Waals surface area contributed by atoms with Crippen LogP contribution in [0.3, 0.4) is 0 Å². The van der Waals surface area contributed by atoms with Crippen LogP contribution in [0.2, 0.25) is 10.0 Å². The van der Waals surface area contributed by atoms with Gasteiger partial charge in [0.05, 0.1) is 24.5 Å². The number of aromatic nitrogens is 1. The second-order valence-electron chi connectivity index (χ2n) is 11.1. The van der Waals surface area contributed by atoms with Crippen molar-refractivity contribution < 1.29 is 27.8 Å². The second kappa shape index (κ2) is 14.2. The molecule has 0 atom stereocenters. The SMILES string of the molecule is CN(Cc1cc(-c2ccc(Cl)cc2)cc(-c2cc(-c3cc(C(F)(F)F)ccc3Cl)c(C#N)c(=O)[nH]2)c1O)C(=O)CCN1CCOCC1. The van der Waals surface area contributed by atoms with Gasteiger partial charge in [-0.25, -0.2) is 0 Å². The van der Waals surface area contributed by atoms with Gasteiger partial charge in [0.2, 0.25) is 5.91 Å². The second-order valence-corrected chi connectivity index (χ2v) is 11.9. The number of carbonyl (C=O) groups is 1. The molecule has 4 aromatic rings. The van der Waals surface area contributed by atoms with Crippen LogP contribution in [0.4, 0.5) is 13.2 Å². The molecule has 0 unspecified atom stereocenters. The number of H-pyrrole nitrogens is 1. The predicted molar refractivity (Wildman–Crippen MR) is 173 cm³/mol. The van der Waals surface area contributed by atoms with E-state index in [1.165, 1.54) is 11.0 Å². The molecular formula is C34H29Cl2F3N4O4. The van der Waals surface area contributed by atoms with Crippen molar-refractivity contribution >= 4 is 29.1 Å². The van der Waals surface area contributed by atoms with E-state index in [9.17, 15) is 33.1 Å². The Labute approximate surface area is 278 Å². The van der Waals surface area contributed by atoms with Crippen LogP contribution in [-0.4, -0.2) is 65.7 Å². The number of aromatic amines is 1. The standard InChI is InChI=1S/C34H29Cl2F3N4O4/c1-42(31(44)8-9-43-10-12-47-13-11-43)19-22-14-21(20-2-5-24(35)6-3-20)15-27(32(22)45)30-17-25(28(18-40)33(46)41-30)26-16-23(34(37,38)39)4-7-29(26)36/h2-7,14-17,45H,8-13,19H2,1H3,(H,41,46). The number of carbonyl (C=O) groups excluding carboxylic acids is 1. The lowest BCUT2D eigenvalue weighted by Crippen LogP contribution is -2.39. The number of phenolic OH excluding ortho intramolecular Hbond substituents is 1. The van der Waals surface area contributed by atoms with E-state index in [0.29, 0.717) is 41.5 Å². The van der Waals surface area contributed by atoms with Crippen LogP contribution in [0.25, 0.3) is 33.5 Å². The zero-order valence-electron chi connectivity index (χ0n) is 25.1. The number of nitrogens with one attached hydrogen (secondary N) is 1. The summed E-state index contributed by atoms with van der Waals surface area (Å²) < 4.78 is 46.2. The molecule has 0 saturated carbocycles. The fourth-order valence-electron chi connectivity index (χ4n) is 5.38. The molecule has 1 fully saturated rings. The number of amides is 1. The van der Waals surface area contributed by atoms with Crippen molar-refractivity contribution in [3.05, 3.63) is 97.8 Å². The first-order valence-corrected chi connectivity index (χ1v) is 15.3. The van der Waals surface area contributed by atoms with Crippen molar-refractivity contribution in [2.75, 3.05) is 39.9 Å². The Morgan fingerprint density at radius 3 is 2.38 bits per heavy atom. The number of rotatable bonds is 8. The Balaban J connectivity index is 1.60. The van der Waals surface area contributed by atoms with Crippen molar-refractivity contribution in [1.29, 1.82) is 5.26 Å². The highest BCUT2D eigenvalue weighted by atomic mass is 35.5. The lowest BCUT2D eigenvalue weighted by molar-refractivity contribution is -0.137. The van der Waals surface area contributed by atoms with Gasteiger partial charge in [0, 0.05) is 71.9 Å². The van der Waals surface area contributed by atoms with E-state index in [4.69, 9.17) is 27.9 Å². The molecule has 2 N–H and O–H groups in total. The number of morpholine rings is 1. The van der Waals surface area contributed by atoms with Gasteiger partial charge in [-0.3, -0.25) is 14.5 Å². The minimum atomic E-state index is -4.71. The normalized spacial score (nSPS) is 13.7. The maximum Gasteiger partial charge on any atom is 0.416 e. The summed E-state index contributed by atoms with van der Waals surface area (Å²) in [6, 6.07) is 15.9. The van der Waals surface area contributed by atoms with E-state index < -0.39 is 22.9 Å². The van der Waals surface area contributed by atoms with Crippen molar-refractivity contribution in [2.45, 2.75) is 19.1 Å². The Bertz CT molecular complexity index is 1900. The molecular weight excluding hydrogens is 656 g/mol. The van der Waals surface area contributed by atoms with Crippen LogP contribution in [0.1, 0.15) is 23.1 Å². The lowest BCUT2D eigenvalue weighted by Gasteiger charge is -2.27. The average Bonchev–Trinajstić information content (AvgIpc) is 3.04. The van der Waals surface area contributed by atoms with Gasteiger partial charge in [0.15, 0.2) is 0 Å². The Hall–Kier alpha value is -4.34. The van der Waals surface area contributed by atoms with Gasteiger partial charge < -0.3 is 19.7 Å². The molecule has 8 nitrogen and oxygen atoms in total. The largest absolute Gasteiger partial charge is 0.507 e. The molecule has 1 amide bonds. The highest BCUT2D eigenvalue weighted by Gasteiger charge is 2.31. The third-order valence-electron chi connectivity index (χ3n) is 7.96. The summed E-state index contributed by atoms with van der Waals surface area (Å²) >= 11 is 12.4. The number of hydrogen-bond donors (Lipinski definition) is 2. The van der Waals surface area contributed by atoms with Crippen LogP contribution >= 0.6 is 23.2 Å². The van der Waals surface area contributed by atoms with Crippen LogP contribution < -0.4 is 5.56 Å². The molecule has 0 bridgehead atoms. The third kappa shape index (κ3) is 7.80. The molecule has 244 valence electrons. The number of alkyl halides is 3. The van der Waals surface area contributed by atoms with Crippen molar-refractivity contribution in [3.8, 4) is 45.3 Å². The highest BCUT2D eigenvalue weighted by Crippen LogP contribution is 2.40. The quantitative estimate of drug-likeness (QED) is 0.208. The van der Waals surface area contributed by atoms with Crippen LogP contribution in [0, 0.1) is 11.3 Å². The number of pyridine rings is 1. The number of benzene rings is 3. The van der Waals surface area contributed by atoms with E-state index in [-0.39, 0.29) is 52.0 Å². The van der Waals surface area contributed by atoms with Crippen molar-refractivity contribution in [1.82, 2.24) is 14.8 Å². The molecule has 0 spiro atoms. The summed E-state index contributed by atoms with van der Waals surface area (Å²) in [5.41, 5.74) is -0.882. The summed E-state index contributed by atoms with van der Waals surface area (Å²) in [5, 5.41) is 21.7. The number of hydrogen-bond acceptors (Lipinski definition) is 6. The Morgan fingerprint density at radius 2 is 1.72 bits per heavy atom. The summed E-state index contributed by atoms with van der Waals surface area (Å²) in [7, 11) is 1.62. The monoisotopic (exact) mass is 684 g/mol. The number of ether oxygens (including phenoxy) is 1. The topological polar surface area (TPSA) is 110 Å². The van der Waals surface area contributed by atoms with Gasteiger partial charge in [0.25, 0.3) is 5.56 Å². The molecule has 1 saturated heterocycles. The van der Waals surface area contributed by atoms with Gasteiger partial charge in [-0.15, -0.1) is 0 Å². The fourth-order valence-corrected chi connectivity index (χ4v) is 5.72. The zero-order chi connectivity index (χ0) is 33.9. The lowest BCUT2D eigenvalue weighted by atomic mass is 9.94. The molecule has 0 aliphatic carbocycles. The first kappa shape index (κ1) is 34.0. The molecule has 47 heavy (non-hydrogen) atoms. The predicted octanol–water partition coefficient (Wildman–Crippen LogP) is 6.96. The Morgan fingerprint density at radius 1 is 1.02 bits per heavy atom. The minimum Gasteiger partial charge on any atom is -0.507 e. The maximum absolute atomic E-state index is 13.6. The number of phenols is 1. The average molecular weight is 686 g/mol. The number of nitrogens with zero attached hydrogens (tertiary/aromatic N) is 3. The maximum atomic E-state index is 13.6. The first-order valence-electron chi connectivity index (χ1n) is 14.6. The summed E-state index contributed by atoms with van der Waals surface area (Å²) in [6.45, 7) is 3.26. The molecule has 0 radical (unpaired) electrons. The molecule has 1 aliphatic rings. The first-order chi connectivity index (χ1) is 22.3. The van der Waals surface area contributed by atoms with E-state index in [1.807, 2.05) is 0 Å². The molecule has 3 aromatic carbocycles. The van der Waals surface area contributed by atoms with E-state index in [2.05, 4.69) is 9.88 Å². The van der Waals surface area contributed by atoms with Gasteiger partial charge in [-0.2, -0.15) is 18.4 Å². The van der Waals surface area contributed by atoms with Gasteiger partial charge >= 0.3 is 6.18 Å². The summed E-state index contributed by atoms with van der Waals surface area (Å²) in [4.78, 5) is 32.5. The van der Waals surface area contributed by atoms with E-state index >= 15 is 0 Å².